The predicted octanol–water partition coefficient (Wildman–Crippen LogP) is 3.65. The molecule has 0 aliphatic carbocycles. The van der Waals surface area contributed by atoms with Gasteiger partial charge in [-0.1, -0.05) is 6.07 Å². The van der Waals surface area contributed by atoms with E-state index in [1.54, 1.807) is 52.7 Å². The highest BCUT2D eigenvalue weighted by atomic mass is 32.2. The zero-order chi connectivity index (χ0) is 20.3. The molecule has 1 aromatic carbocycles. The zero-order valence-electron chi connectivity index (χ0n) is 16.3. The molecule has 0 radical (unpaired) electrons. The Kier molecular flexibility index (Phi) is 5.89. The van der Waals surface area contributed by atoms with Gasteiger partial charge in [-0.3, -0.25) is 9.69 Å². The monoisotopic (exact) mass is 399 g/mol. The molecule has 0 spiro atoms. The number of nitrogens with zero attached hydrogens (tertiary/aromatic N) is 3. The molecule has 3 rings (SSSR count). The lowest BCUT2D eigenvalue weighted by molar-refractivity contribution is -0.121. The van der Waals surface area contributed by atoms with Crippen molar-refractivity contribution in [3.63, 3.8) is 0 Å². The largest absolute Gasteiger partial charge is 0.493 e. The standard InChI is InChI=1S/C20H21N3O4S/c1-12-7-6-8-17(21-12)22-20-23(2)19(24)16(28-20)11-13-9-14(25-3)18(27-5)15(10-13)26-4/h6-11H,1-5H3/b16-11-,22-20+. The quantitative estimate of drug-likeness (QED) is 0.715. The number of aromatic nitrogens is 1. The summed E-state index contributed by atoms with van der Waals surface area (Å²) in [5.41, 5.74) is 1.63. The second-order valence-electron chi connectivity index (χ2n) is 5.97. The van der Waals surface area contributed by atoms with E-state index < -0.39 is 0 Å². The van der Waals surface area contributed by atoms with E-state index >= 15 is 0 Å². The highest BCUT2D eigenvalue weighted by molar-refractivity contribution is 8.18. The smallest absolute Gasteiger partial charge is 0.266 e. The van der Waals surface area contributed by atoms with E-state index in [2.05, 4.69) is 9.98 Å². The minimum atomic E-state index is -0.134. The van der Waals surface area contributed by atoms with Crippen molar-refractivity contribution in [2.75, 3.05) is 28.4 Å². The van der Waals surface area contributed by atoms with Crippen LogP contribution in [0.15, 0.2) is 40.2 Å². The van der Waals surface area contributed by atoms with Gasteiger partial charge >= 0.3 is 0 Å². The molecule has 1 aromatic heterocycles. The molecule has 0 bridgehead atoms. The predicted molar refractivity (Wildman–Crippen MR) is 111 cm³/mol. The van der Waals surface area contributed by atoms with Gasteiger partial charge in [-0.25, -0.2) is 9.98 Å². The van der Waals surface area contributed by atoms with Crippen LogP contribution in [0.2, 0.25) is 0 Å². The molecule has 1 aliphatic heterocycles. The van der Waals surface area contributed by atoms with Crippen molar-refractivity contribution in [2.24, 2.45) is 4.99 Å². The number of aryl methyl sites for hydroxylation is 1. The average molecular weight is 399 g/mol. The van der Waals surface area contributed by atoms with Crippen molar-refractivity contribution in [3.8, 4) is 17.2 Å². The number of pyridine rings is 1. The molecule has 8 heteroatoms. The Labute approximate surface area is 168 Å². The maximum Gasteiger partial charge on any atom is 0.266 e. The average Bonchev–Trinajstić information content (AvgIpc) is 2.95. The van der Waals surface area contributed by atoms with Crippen LogP contribution in [0, 0.1) is 6.92 Å². The number of benzene rings is 1. The van der Waals surface area contributed by atoms with Crippen molar-refractivity contribution < 1.29 is 19.0 Å². The number of amides is 1. The van der Waals surface area contributed by atoms with Crippen LogP contribution < -0.4 is 14.2 Å². The van der Waals surface area contributed by atoms with Gasteiger partial charge in [0, 0.05) is 12.7 Å². The van der Waals surface area contributed by atoms with Gasteiger partial charge in [0.15, 0.2) is 22.5 Å². The zero-order valence-corrected chi connectivity index (χ0v) is 17.2. The molecule has 28 heavy (non-hydrogen) atoms. The van der Waals surface area contributed by atoms with Crippen LogP contribution in [0.25, 0.3) is 6.08 Å². The van der Waals surface area contributed by atoms with Crippen LogP contribution in [-0.2, 0) is 4.79 Å². The summed E-state index contributed by atoms with van der Waals surface area (Å²) in [5, 5.41) is 0.571. The maximum absolute atomic E-state index is 12.7. The molecule has 1 amide bonds. The number of aliphatic imine (C=N–C) groups is 1. The van der Waals surface area contributed by atoms with E-state index in [1.807, 2.05) is 19.1 Å². The Hall–Kier alpha value is -3.00. The summed E-state index contributed by atoms with van der Waals surface area (Å²) < 4.78 is 16.1. The lowest BCUT2D eigenvalue weighted by Crippen LogP contribution is -2.23. The minimum Gasteiger partial charge on any atom is -0.493 e. The number of hydrogen-bond acceptors (Lipinski definition) is 7. The number of amidine groups is 1. The first-order valence-corrected chi connectivity index (χ1v) is 9.28. The molecule has 0 unspecified atom stereocenters. The fourth-order valence-electron chi connectivity index (χ4n) is 2.68. The van der Waals surface area contributed by atoms with Crippen molar-refractivity contribution in [2.45, 2.75) is 6.92 Å². The highest BCUT2D eigenvalue weighted by Gasteiger charge is 2.30. The number of carbonyl (C=O) groups is 1. The minimum absolute atomic E-state index is 0.134. The molecule has 7 nitrogen and oxygen atoms in total. The molecule has 0 atom stereocenters. The van der Waals surface area contributed by atoms with Gasteiger partial charge in [0.2, 0.25) is 5.75 Å². The Morgan fingerprint density at radius 1 is 1.11 bits per heavy atom. The first-order valence-electron chi connectivity index (χ1n) is 8.46. The molecule has 2 aromatic rings. The number of likely N-dealkylation sites (N-methyl/N-ethyl adjacent to an activating group) is 1. The third kappa shape index (κ3) is 3.96. The number of hydrogen-bond donors (Lipinski definition) is 0. The van der Waals surface area contributed by atoms with Crippen molar-refractivity contribution in [1.29, 1.82) is 0 Å². The molecule has 1 fully saturated rings. The molecule has 0 saturated carbocycles. The molecule has 0 N–H and O–H groups in total. The van der Waals surface area contributed by atoms with E-state index in [0.717, 1.165) is 11.3 Å². The van der Waals surface area contributed by atoms with Gasteiger partial charge in [-0.05, 0) is 54.6 Å². The molecule has 1 aliphatic rings. The lowest BCUT2D eigenvalue weighted by atomic mass is 10.1. The summed E-state index contributed by atoms with van der Waals surface area (Å²) in [7, 11) is 6.35. The second-order valence-corrected chi connectivity index (χ2v) is 6.97. The number of methoxy groups -OCH3 is 3. The van der Waals surface area contributed by atoms with E-state index in [9.17, 15) is 4.79 Å². The third-order valence-electron chi connectivity index (χ3n) is 4.07. The highest BCUT2D eigenvalue weighted by Crippen LogP contribution is 2.40. The van der Waals surface area contributed by atoms with Gasteiger partial charge in [-0.2, -0.15) is 0 Å². The topological polar surface area (TPSA) is 73.3 Å². The second kappa shape index (κ2) is 8.35. The molecule has 146 valence electrons. The Morgan fingerprint density at radius 2 is 1.79 bits per heavy atom. The van der Waals surface area contributed by atoms with Crippen molar-refractivity contribution in [3.05, 3.63) is 46.5 Å². The fraction of sp³-hybridized carbons (Fsp3) is 0.250. The van der Waals surface area contributed by atoms with Gasteiger partial charge < -0.3 is 14.2 Å². The van der Waals surface area contributed by atoms with E-state index in [1.165, 1.54) is 16.7 Å². The van der Waals surface area contributed by atoms with Gasteiger partial charge in [0.05, 0.1) is 26.2 Å². The summed E-state index contributed by atoms with van der Waals surface area (Å²) in [4.78, 5) is 23.6. The van der Waals surface area contributed by atoms with E-state index in [0.29, 0.717) is 33.1 Å². The van der Waals surface area contributed by atoms with E-state index in [4.69, 9.17) is 14.2 Å². The molecular formula is C20H21N3O4S. The van der Waals surface area contributed by atoms with Crippen LogP contribution in [0.5, 0.6) is 17.2 Å². The van der Waals surface area contributed by atoms with Gasteiger partial charge in [0.1, 0.15) is 0 Å². The van der Waals surface area contributed by atoms with Crippen LogP contribution in [0.4, 0.5) is 5.82 Å². The maximum atomic E-state index is 12.7. The van der Waals surface area contributed by atoms with Crippen molar-refractivity contribution in [1.82, 2.24) is 9.88 Å². The first-order chi connectivity index (χ1) is 13.5. The molecule has 1 saturated heterocycles. The molecule has 2 heterocycles. The van der Waals surface area contributed by atoms with Gasteiger partial charge in [-0.15, -0.1) is 0 Å². The molecular weight excluding hydrogens is 378 g/mol. The summed E-state index contributed by atoms with van der Waals surface area (Å²) in [6.45, 7) is 1.90. The number of carbonyl (C=O) groups excluding carboxylic acids is 1. The number of rotatable bonds is 5. The van der Waals surface area contributed by atoms with E-state index in [-0.39, 0.29) is 5.91 Å². The summed E-state index contributed by atoms with van der Waals surface area (Å²) in [6.07, 6.45) is 1.78. The first kappa shape index (κ1) is 19.8. The van der Waals surface area contributed by atoms with Crippen molar-refractivity contribution >= 4 is 34.7 Å². The lowest BCUT2D eigenvalue weighted by Gasteiger charge is -2.13. The normalized spacial score (nSPS) is 16.8. The SMILES string of the molecule is COc1cc(/C=C2\S/C(=N/c3cccc(C)n3)N(C)C2=O)cc(OC)c1OC. The summed E-state index contributed by atoms with van der Waals surface area (Å²) in [5.74, 6) is 1.98. The summed E-state index contributed by atoms with van der Waals surface area (Å²) >= 11 is 1.29. The van der Waals surface area contributed by atoms with Gasteiger partial charge in [0.25, 0.3) is 5.91 Å². The fourth-order valence-corrected chi connectivity index (χ4v) is 3.65. The summed E-state index contributed by atoms with van der Waals surface area (Å²) in [6, 6.07) is 9.17. The Bertz CT molecular complexity index is 947. The third-order valence-corrected chi connectivity index (χ3v) is 5.13. The Balaban J connectivity index is 1.96. The van der Waals surface area contributed by atoms with Crippen LogP contribution in [-0.4, -0.2) is 49.3 Å². The Morgan fingerprint density at radius 3 is 2.36 bits per heavy atom. The van der Waals surface area contributed by atoms with Crippen LogP contribution >= 0.6 is 11.8 Å². The number of ether oxygens (including phenoxy) is 3. The number of thioether (sulfide) groups is 1. The van der Waals surface area contributed by atoms with Crippen LogP contribution in [0.3, 0.4) is 0 Å². The van der Waals surface area contributed by atoms with Crippen LogP contribution in [0.1, 0.15) is 11.3 Å².